The molecule has 0 atom stereocenters. The van der Waals surface area contributed by atoms with Gasteiger partial charge < -0.3 is 15.0 Å². The van der Waals surface area contributed by atoms with E-state index in [1.807, 2.05) is 38.1 Å². The molecule has 0 spiro atoms. The minimum Gasteiger partial charge on any atom is -0.466 e. The number of nitrogens with one attached hydrogen (secondary N) is 2. The predicted molar refractivity (Wildman–Crippen MR) is 236 cm³/mol. The molecule has 3 aromatic rings. The molecule has 4 rings (SSSR count). The molecule has 13 nitrogen and oxygen atoms in total. The number of esters is 1. The molecule has 2 heterocycles. The predicted octanol–water partition coefficient (Wildman–Crippen LogP) is 8.98. The number of hydrogen-bond acceptors (Lipinski definition) is 10. The van der Waals surface area contributed by atoms with E-state index in [0.29, 0.717) is 42.7 Å². The smallest absolute Gasteiger partial charge is 0.306 e. The zero-order valence-electron chi connectivity index (χ0n) is 35.9. The van der Waals surface area contributed by atoms with E-state index < -0.39 is 10.0 Å². The molecule has 0 radical (unpaired) electrons. The van der Waals surface area contributed by atoms with Crippen molar-refractivity contribution >= 4 is 50.4 Å². The average molecular weight is 819 g/mol. The maximum atomic E-state index is 12.6. The zero-order valence-corrected chi connectivity index (χ0v) is 36.7. The lowest BCUT2D eigenvalue weighted by Gasteiger charge is -2.24. The second kappa shape index (κ2) is 22.6. The topological polar surface area (TPSA) is 160 Å². The van der Waals surface area contributed by atoms with E-state index >= 15 is 0 Å². The third-order valence-corrected chi connectivity index (χ3v) is 10.8. The summed E-state index contributed by atoms with van der Waals surface area (Å²) < 4.78 is 31.0. The number of ether oxygens (including phenoxy) is 1. The Hall–Kier alpha value is -4.43. The van der Waals surface area contributed by atoms with Crippen LogP contribution in [0.1, 0.15) is 136 Å². The first-order valence-electron chi connectivity index (χ1n) is 21.2. The second-order valence-electron chi connectivity index (χ2n) is 16.3. The van der Waals surface area contributed by atoms with Crippen LogP contribution in [-0.4, -0.2) is 79.1 Å². The molecule has 1 aliphatic heterocycles. The van der Waals surface area contributed by atoms with Gasteiger partial charge >= 0.3 is 5.97 Å². The number of rotatable bonds is 25. The molecule has 0 unspecified atom stereocenters. The molecule has 318 valence electrons. The standard InChI is InChI=1S/C44H66N8O5S/c1-8-10-11-12-13-14-15-16-17-18-19-20-31-57-39(54)28-27-38(53)46-35-23-21-34(22-24-35)42-48-43-40(41(44(4,5)6)49-52(43)50-42)47-37-26-25-36(32-33(37)3)51(9-2)30-29-45-58(7,55)56/h21-26,32,45H,8-20,27-31H2,1-7H3,(H,46,53). The Morgan fingerprint density at radius 2 is 1.52 bits per heavy atom. The van der Waals surface area contributed by atoms with Crippen molar-refractivity contribution in [1.29, 1.82) is 0 Å². The molecule has 1 amide bonds. The molecule has 0 fully saturated rings. The fraction of sp³-hybridized carbons (Fsp3) is 0.591. The molecule has 0 aliphatic carbocycles. The molecule has 58 heavy (non-hydrogen) atoms. The van der Waals surface area contributed by atoms with Crippen molar-refractivity contribution in [2.75, 3.05) is 42.7 Å². The minimum atomic E-state index is -3.26. The number of nitrogens with zero attached hydrogens (tertiary/aromatic N) is 6. The molecule has 0 saturated heterocycles. The summed E-state index contributed by atoms with van der Waals surface area (Å²) >= 11 is 0. The van der Waals surface area contributed by atoms with E-state index in [-0.39, 0.29) is 30.1 Å². The van der Waals surface area contributed by atoms with Crippen molar-refractivity contribution in [3.05, 3.63) is 53.9 Å². The normalized spacial score (nSPS) is 13.4. The van der Waals surface area contributed by atoms with Gasteiger partial charge in [-0.1, -0.05) is 98.3 Å². The number of benzene rings is 2. The van der Waals surface area contributed by atoms with Gasteiger partial charge in [0.05, 0.1) is 30.7 Å². The van der Waals surface area contributed by atoms with Gasteiger partial charge in [-0.05, 0) is 68.3 Å². The summed E-state index contributed by atoms with van der Waals surface area (Å²) in [4.78, 5) is 38.4. The van der Waals surface area contributed by atoms with E-state index in [2.05, 4.69) is 53.8 Å². The highest BCUT2D eigenvalue weighted by Gasteiger charge is 2.35. The highest BCUT2D eigenvalue weighted by molar-refractivity contribution is 7.88. The minimum absolute atomic E-state index is 0.0408. The Balaban J connectivity index is 1.27. The molecule has 14 heteroatoms. The summed E-state index contributed by atoms with van der Waals surface area (Å²) in [6.45, 7) is 14.5. The van der Waals surface area contributed by atoms with Gasteiger partial charge in [0.1, 0.15) is 5.71 Å². The van der Waals surface area contributed by atoms with Crippen molar-refractivity contribution in [1.82, 2.24) is 19.6 Å². The number of carbonyl (C=O) groups excluding carboxylic acids is 2. The van der Waals surface area contributed by atoms with Crippen molar-refractivity contribution in [3.8, 4) is 11.4 Å². The van der Waals surface area contributed by atoms with Crippen LogP contribution in [0.25, 0.3) is 11.4 Å². The maximum absolute atomic E-state index is 12.6. The summed E-state index contributed by atoms with van der Waals surface area (Å²) in [5.74, 6) is 0.406. The van der Waals surface area contributed by atoms with Crippen molar-refractivity contribution in [3.63, 3.8) is 0 Å². The maximum Gasteiger partial charge on any atom is 0.306 e. The Kier molecular flexibility index (Phi) is 18.1. The van der Waals surface area contributed by atoms with Gasteiger partial charge in [0, 0.05) is 48.4 Å². The lowest BCUT2D eigenvalue weighted by atomic mass is 9.87. The third-order valence-electron chi connectivity index (χ3n) is 10.1. The highest BCUT2D eigenvalue weighted by Crippen LogP contribution is 2.31. The van der Waals surface area contributed by atoms with Crippen LogP contribution in [0.4, 0.5) is 17.1 Å². The lowest BCUT2D eigenvalue weighted by molar-refractivity contribution is -0.144. The quantitative estimate of drug-likeness (QED) is 0.0633. The van der Waals surface area contributed by atoms with Gasteiger partial charge in [0.2, 0.25) is 21.8 Å². The first-order chi connectivity index (χ1) is 27.7. The number of amides is 1. The van der Waals surface area contributed by atoms with E-state index in [1.165, 1.54) is 69.0 Å². The monoisotopic (exact) mass is 818 g/mol. The van der Waals surface area contributed by atoms with Crippen LogP contribution < -0.4 is 14.9 Å². The Bertz CT molecular complexity index is 1970. The molecular weight excluding hydrogens is 753 g/mol. The largest absolute Gasteiger partial charge is 0.466 e. The fourth-order valence-electron chi connectivity index (χ4n) is 6.76. The average Bonchev–Trinajstić information content (AvgIpc) is 3.74. The van der Waals surface area contributed by atoms with Gasteiger partial charge in [-0.25, -0.2) is 23.1 Å². The molecule has 0 bridgehead atoms. The van der Waals surface area contributed by atoms with Crippen LogP contribution in [-0.2, 0) is 24.3 Å². The van der Waals surface area contributed by atoms with E-state index in [9.17, 15) is 18.0 Å². The number of unbranched alkanes of at least 4 members (excludes halogenated alkanes) is 11. The molecular formula is C44H66N8O5S. The number of likely N-dealkylation sites (N-methyl/N-ethyl adjacent to an activating group) is 1. The summed E-state index contributed by atoms with van der Waals surface area (Å²) in [6.07, 6.45) is 16.3. The molecule has 2 aromatic carbocycles. The number of anilines is 2. The van der Waals surface area contributed by atoms with Gasteiger partial charge in [0.15, 0.2) is 5.82 Å². The Morgan fingerprint density at radius 3 is 2.10 bits per heavy atom. The SMILES string of the molecule is CCCCCCCCCCCCCCOC(=O)CCC(=O)Nc1ccc(-c2nc3n(n2)N=C(C(C)(C)C)C3=Nc2ccc(N(CC)CCNS(C)(=O)=O)cc2C)cc1. The second-order valence-corrected chi connectivity index (χ2v) is 18.1. The first kappa shape index (κ1) is 46.3. The lowest BCUT2D eigenvalue weighted by Crippen LogP contribution is -2.34. The van der Waals surface area contributed by atoms with Gasteiger partial charge in [-0.3, -0.25) is 9.59 Å². The number of fused-ring (bicyclic) bond motifs is 1. The number of sulfonamides is 1. The zero-order chi connectivity index (χ0) is 42.1. The van der Waals surface area contributed by atoms with Crippen molar-refractivity contribution in [2.45, 2.75) is 131 Å². The van der Waals surface area contributed by atoms with Gasteiger partial charge in [-0.2, -0.15) is 5.10 Å². The van der Waals surface area contributed by atoms with Gasteiger partial charge in [-0.15, -0.1) is 9.89 Å². The fourth-order valence-corrected chi connectivity index (χ4v) is 7.22. The van der Waals surface area contributed by atoms with Crippen LogP contribution in [0.2, 0.25) is 0 Å². The van der Waals surface area contributed by atoms with Crippen LogP contribution in [0.5, 0.6) is 0 Å². The van der Waals surface area contributed by atoms with Crippen LogP contribution >= 0.6 is 0 Å². The Morgan fingerprint density at radius 1 is 0.879 bits per heavy atom. The van der Waals surface area contributed by atoms with Crippen molar-refractivity contribution < 1.29 is 22.7 Å². The number of carbonyl (C=O) groups is 2. The summed E-state index contributed by atoms with van der Waals surface area (Å²) in [6, 6.07) is 13.2. The number of hydrogen-bond donors (Lipinski definition) is 2. The summed E-state index contributed by atoms with van der Waals surface area (Å²) in [7, 11) is -3.26. The van der Waals surface area contributed by atoms with Crippen molar-refractivity contribution in [2.24, 2.45) is 15.5 Å². The molecule has 1 aromatic heterocycles. The molecule has 2 N–H and O–H groups in total. The summed E-state index contributed by atoms with van der Waals surface area (Å²) in [5, 5.41) is 12.3. The summed E-state index contributed by atoms with van der Waals surface area (Å²) in [5.41, 5.74) is 5.13. The highest BCUT2D eigenvalue weighted by atomic mass is 32.2. The number of aromatic nitrogens is 3. The third kappa shape index (κ3) is 15.1. The van der Waals surface area contributed by atoms with Gasteiger partial charge in [0.25, 0.3) is 0 Å². The molecule has 1 aliphatic rings. The van der Waals surface area contributed by atoms with Crippen LogP contribution in [0.3, 0.4) is 0 Å². The van der Waals surface area contributed by atoms with E-state index in [0.717, 1.165) is 53.9 Å². The van der Waals surface area contributed by atoms with Crippen LogP contribution in [0.15, 0.2) is 52.6 Å². The first-order valence-corrected chi connectivity index (χ1v) is 23.1. The Labute approximate surface area is 346 Å². The number of aryl methyl sites for hydroxylation is 1. The van der Waals surface area contributed by atoms with Crippen LogP contribution in [0, 0.1) is 12.3 Å². The van der Waals surface area contributed by atoms with E-state index in [1.54, 1.807) is 12.1 Å². The number of aliphatic imine (C=N–C) groups is 1. The van der Waals surface area contributed by atoms with E-state index in [4.69, 9.17) is 19.8 Å². The molecule has 0 saturated carbocycles.